The highest BCUT2D eigenvalue weighted by atomic mass is 35.5. The summed E-state index contributed by atoms with van der Waals surface area (Å²) in [5, 5.41) is 15.4. The van der Waals surface area contributed by atoms with Gasteiger partial charge in [0.1, 0.15) is 0 Å². The molecule has 2 amide bonds. The zero-order valence-corrected chi connectivity index (χ0v) is 18.6. The number of rotatable bonds is 4. The fraction of sp³-hybridized carbons (Fsp3) is 0.882. The van der Waals surface area contributed by atoms with Crippen molar-refractivity contribution in [1.29, 1.82) is 0 Å². The fourth-order valence-electron chi connectivity index (χ4n) is 4.15. The van der Waals surface area contributed by atoms with E-state index in [4.69, 9.17) is 5.11 Å². The second-order valence-corrected chi connectivity index (χ2v) is 7.40. The van der Waals surface area contributed by atoms with Crippen LogP contribution in [-0.4, -0.2) is 103 Å². The first-order valence-corrected chi connectivity index (χ1v) is 9.56. The number of hydrogen-bond donors (Lipinski definition) is 3. The Morgan fingerprint density at radius 2 is 1.46 bits per heavy atom. The average molecular weight is 463 g/mol. The van der Waals surface area contributed by atoms with Gasteiger partial charge in [-0.05, 0) is 38.8 Å². The minimum absolute atomic E-state index is 0. The molecule has 0 aromatic heterocycles. The van der Waals surface area contributed by atoms with Crippen LogP contribution in [0.3, 0.4) is 0 Å². The van der Waals surface area contributed by atoms with Crippen molar-refractivity contribution < 1.29 is 14.7 Å². The number of nitrogens with one attached hydrogen (secondary N) is 2. The first-order valence-electron chi connectivity index (χ1n) is 9.56. The Morgan fingerprint density at radius 1 is 0.893 bits per heavy atom. The third kappa shape index (κ3) is 8.08. The number of likely N-dealkylation sites (tertiary alicyclic amines) is 1. The zero-order valence-electron chi connectivity index (χ0n) is 16.2. The number of aliphatic carboxylic acids is 1. The number of amides is 2. The van der Waals surface area contributed by atoms with Crippen LogP contribution in [0.1, 0.15) is 25.7 Å². The minimum atomic E-state index is -0.783. The molecule has 0 bridgehead atoms. The number of carbonyl (C=O) groups excluding carboxylic acids is 1. The van der Waals surface area contributed by atoms with Crippen molar-refractivity contribution in [3.05, 3.63) is 0 Å². The Morgan fingerprint density at radius 3 is 2.00 bits per heavy atom. The molecule has 8 nitrogen and oxygen atoms in total. The summed E-state index contributed by atoms with van der Waals surface area (Å²) in [5.41, 5.74) is 0. The molecular formula is C17H34Cl3N5O3. The van der Waals surface area contributed by atoms with Gasteiger partial charge in [-0.3, -0.25) is 14.6 Å². The lowest BCUT2D eigenvalue weighted by molar-refractivity contribution is -0.138. The van der Waals surface area contributed by atoms with E-state index in [1.54, 1.807) is 0 Å². The number of carboxylic acid groups (broad SMARTS) is 1. The van der Waals surface area contributed by atoms with Gasteiger partial charge in [-0.1, -0.05) is 0 Å². The predicted octanol–water partition coefficient (Wildman–Crippen LogP) is 0.880. The molecular weight excluding hydrogens is 429 g/mol. The van der Waals surface area contributed by atoms with Crippen LogP contribution in [0.2, 0.25) is 0 Å². The summed E-state index contributed by atoms with van der Waals surface area (Å²) in [6.45, 7) is 7.31. The highest BCUT2D eigenvalue weighted by molar-refractivity contribution is 5.86. The molecule has 28 heavy (non-hydrogen) atoms. The van der Waals surface area contributed by atoms with Gasteiger partial charge in [0.25, 0.3) is 0 Å². The standard InChI is InChI=1S/C17H31N5O3.3ClH/c23-16(24)13-20-7-3-14(4-8-20)19-17(25)22-11-9-21(10-12-22)15-1-5-18-6-2-15;;;/h14-15,18H,1-13H2,(H,19,25)(H,23,24);3*1H. The van der Waals surface area contributed by atoms with E-state index in [1.807, 2.05) is 9.80 Å². The number of nitrogens with zero attached hydrogens (tertiary/aromatic N) is 3. The molecule has 0 aromatic carbocycles. The SMILES string of the molecule is Cl.Cl.Cl.O=C(O)CN1CCC(NC(=O)N2CCN(C3CCNCC3)CC2)CC1. The molecule has 3 saturated heterocycles. The van der Waals surface area contributed by atoms with E-state index in [-0.39, 0.29) is 55.8 Å². The number of carboxylic acids is 1. The van der Waals surface area contributed by atoms with Gasteiger partial charge in [-0.2, -0.15) is 0 Å². The molecule has 3 aliphatic heterocycles. The summed E-state index contributed by atoms with van der Waals surface area (Å²) in [7, 11) is 0. The normalized spacial score (nSPS) is 22.4. The van der Waals surface area contributed by atoms with Crippen molar-refractivity contribution in [2.75, 3.05) is 58.9 Å². The van der Waals surface area contributed by atoms with Crippen LogP contribution in [0.5, 0.6) is 0 Å². The predicted molar refractivity (Wildman–Crippen MR) is 116 cm³/mol. The lowest BCUT2D eigenvalue weighted by Crippen LogP contribution is -2.57. The molecule has 3 aliphatic rings. The maximum Gasteiger partial charge on any atom is 0.317 e. The van der Waals surface area contributed by atoms with Gasteiger partial charge in [-0.15, -0.1) is 37.2 Å². The Labute approximate surface area is 186 Å². The number of piperidine rings is 2. The van der Waals surface area contributed by atoms with E-state index < -0.39 is 5.97 Å². The Hall–Kier alpha value is -0.510. The van der Waals surface area contributed by atoms with Crippen LogP contribution in [0.4, 0.5) is 4.79 Å². The molecule has 0 spiro atoms. The van der Waals surface area contributed by atoms with Crippen molar-refractivity contribution in [1.82, 2.24) is 25.3 Å². The van der Waals surface area contributed by atoms with E-state index >= 15 is 0 Å². The second-order valence-electron chi connectivity index (χ2n) is 7.40. The van der Waals surface area contributed by atoms with Crippen molar-refractivity contribution in [3.8, 4) is 0 Å². The minimum Gasteiger partial charge on any atom is -0.480 e. The van der Waals surface area contributed by atoms with Crippen LogP contribution < -0.4 is 10.6 Å². The maximum absolute atomic E-state index is 12.5. The van der Waals surface area contributed by atoms with Gasteiger partial charge >= 0.3 is 12.0 Å². The summed E-state index contributed by atoms with van der Waals surface area (Å²) in [6, 6.07) is 0.881. The Balaban J connectivity index is 0.00000243. The van der Waals surface area contributed by atoms with Gasteiger partial charge in [0.15, 0.2) is 0 Å². The van der Waals surface area contributed by atoms with Crippen LogP contribution in [0.15, 0.2) is 0 Å². The molecule has 0 radical (unpaired) electrons. The van der Waals surface area contributed by atoms with Crippen LogP contribution in [0.25, 0.3) is 0 Å². The smallest absolute Gasteiger partial charge is 0.317 e. The summed E-state index contributed by atoms with van der Waals surface area (Å²) >= 11 is 0. The number of halogens is 3. The first-order chi connectivity index (χ1) is 12.1. The molecule has 166 valence electrons. The third-order valence-corrected chi connectivity index (χ3v) is 5.70. The molecule has 0 saturated carbocycles. The van der Waals surface area contributed by atoms with Crippen LogP contribution in [-0.2, 0) is 4.79 Å². The largest absolute Gasteiger partial charge is 0.480 e. The molecule has 0 unspecified atom stereocenters. The highest BCUT2D eigenvalue weighted by Crippen LogP contribution is 2.15. The Bertz CT molecular complexity index is 467. The molecule has 3 rings (SSSR count). The molecule has 0 atom stereocenters. The lowest BCUT2D eigenvalue weighted by atomic mass is 10.0. The van der Waals surface area contributed by atoms with Crippen LogP contribution in [0, 0.1) is 0 Å². The third-order valence-electron chi connectivity index (χ3n) is 5.70. The monoisotopic (exact) mass is 461 g/mol. The molecule has 3 heterocycles. The molecule has 11 heteroatoms. The maximum atomic E-state index is 12.5. The summed E-state index contributed by atoms with van der Waals surface area (Å²) in [4.78, 5) is 29.6. The number of piperazine rings is 1. The van der Waals surface area contributed by atoms with Crippen LogP contribution >= 0.6 is 37.2 Å². The van der Waals surface area contributed by atoms with E-state index in [2.05, 4.69) is 15.5 Å². The summed E-state index contributed by atoms with van der Waals surface area (Å²) < 4.78 is 0. The summed E-state index contributed by atoms with van der Waals surface area (Å²) in [6.07, 6.45) is 4.07. The highest BCUT2D eigenvalue weighted by Gasteiger charge is 2.28. The van der Waals surface area contributed by atoms with E-state index in [0.29, 0.717) is 6.04 Å². The lowest BCUT2D eigenvalue weighted by Gasteiger charge is -2.41. The molecule has 0 aliphatic carbocycles. The molecule has 3 N–H and O–H groups in total. The van der Waals surface area contributed by atoms with E-state index in [0.717, 1.165) is 65.2 Å². The van der Waals surface area contributed by atoms with Crippen molar-refractivity contribution in [3.63, 3.8) is 0 Å². The van der Waals surface area contributed by atoms with Crippen molar-refractivity contribution in [2.45, 2.75) is 37.8 Å². The average Bonchev–Trinajstić information content (AvgIpc) is 2.64. The topological polar surface area (TPSA) is 88.1 Å². The number of carbonyl (C=O) groups is 2. The summed E-state index contributed by atoms with van der Waals surface area (Å²) in [5.74, 6) is -0.783. The fourth-order valence-corrected chi connectivity index (χ4v) is 4.15. The van der Waals surface area contributed by atoms with E-state index in [9.17, 15) is 9.59 Å². The Kier molecular flexibility index (Phi) is 13.4. The van der Waals surface area contributed by atoms with Gasteiger partial charge in [0.05, 0.1) is 6.54 Å². The van der Waals surface area contributed by atoms with Gasteiger partial charge in [0.2, 0.25) is 0 Å². The zero-order chi connectivity index (χ0) is 17.6. The van der Waals surface area contributed by atoms with Gasteiger partial charge in [-0.25, -0.2) is 4.79 Å². The van der Waals surface area contributed by atoms with Crippen molar-refractivity contribution in [2.24, 2.45) is 0 Å². The van der Waals surface area contributed by atoms with Crippen molar-refractivity contribution >= 4 is 49.2 Å². The quantitative estimate of drug-likeness (QED) is 0.575. The van der Waals surface area contributed by atoms with Gasteiger partial charge < -0.3 is 20.6 Å². The van der Waals surface area contributed by atoms with E-state index in [1.165, 1.54) is 12.8 Å². The van der Waals surface area contributed by atoms with Gasteiger partial charge in [0, 0.05) is 51.4 Å². The molecule has 0 aromatic rings. The number of hydrogen-bond acceptors (Lipinski definition) is 5. The number of urea groups is 1. The molecule has 3 fully saturated rings. The first kappa shape index (κ1) is 27.5. The second kappa shape index (κ2) is 13.7.